The van der Waals surface area contributed by atoms with E-state index in [9.17, 15) is 14.4 Å². The fourth-order valence-corrected chi connectivity index (χ4v) is 3.45. The van der Waals surface area contributed by atoms with Crippen molar-refractivity contribution in [1.82, 2.24) is 9.55 Å². The number of carbonyl (C=O) groups is 2. The Morgan fingerprint density at radius 2 is 1.90 bits per heavy atom. The minimum absolute atomic E-state index is 0.141. The summed E-state index contributed by atoms with van der Waals surface area (Å²) in [5.41, 5.74) is 2.63. The van der Waals surface area contributed by atoms with Gasteiger partial charge in [0, 0.05) is 29.4 Å². The topological polar surface area (TPSA) is 101 Å². The average Bonchev–Trinajstić information content (AvgIpc) is 3.11. The molecule has 4 rings (SSSR count). The number of rotatable bonds is 4. The number of aromatic nitrogens is 2. The maximum atomic E-state index is 12.9. The van der Waals surface area contributed by atoms with E-state index in [1.54, 1.807) is 34.9 Å². The number of hydrogen-bond donors (Lipinski definition) is 2. The first-order chi connectivity index (χ1) is 14.4. The van der Waals surface area contributed by atoms with E-state index in [4.69, 9.17) is 16.7 Å². The van der Waals surface area contributed by atoms with Gasteiger partial charge in [0.1, 0.15) is 5.82 Å². The number of halogens is 1. The quantitative estimate of drug-likeness (QED) is 0.627. The summed E-state index contributed by atoms with van der Waals surface area (Å²) in [5.74, 6) is -1.21. The van der Waals surface area contributed by atoms with Crippen LogP contribution < -0.4 is 10.9 Å². The molecule has 0 radical (unpaired) electrons. The lowest BCUT2D eigenvalue weighted by Crippen LogP contribution is -2.21. The van der Waals surface area contributed by atoms with Crippen molar-refractivity contribution in [2.75, 3.05) is 5.32 Å². The van der Waals surface area contributed by atoms with Gasteiger partial charge in [-0.3, -0.25) is 14.2 Å². The number of nitrogens with zero attached hydrogens (tertiary/aromatic N) is 2. The van der Waals surface area contributed by atoms with E-state index >= 15 is 0 Å². The number of aliphatic carboxylic acids is 1. The molecule has 1 aliphatic heterocycles. The standard InChI is InChI=1S/C22H16ClN3O4/c23-15-3-1-13(2-4-15)11-14-9-10-26-21(14)25-18-12-16(5-6-17(18)22(26)30)24-19(27)7-8-20(28)29/h1-8,11-12H,9-10H2,(H,24,27)(H,28,29)/b8-7+,14-11+. The number of fused-ring (bicyclic) bond motifs is 2. The molecule has 30 heavy (non-hydrogen) atoms. The Morgan fingerprint density at radius 3 is 2.63 bits per heavy atom. The second-order valence-corrected chi connectivity index (χ2v) is 7.19. The van der Waals surface area contributed by atoms with Crippen LogP contribution in [-0.2, 0) is 16.1 Å². The Hall–Kier alpha value is -3.71. The third-order valence-corrected chi connectivity index (χ3v) is 4.95. The molecule has 150 valence electrons. The van der Waals surface area contributed by atoms with Crippen molar-refractivity contribution in [1.29, 1.82) is 0 Å². The van der Waals surface area contributed by atoms with Gasteiger partial charge >= 0.3 is 5.97 Å². The lowest BCUT2D eigenvalue weighted by molar-refractivity contribution is -0.131. The molecule has 2 aromatic carbocycles. The highest BCUT2D eigenvalue weighted by molar-refractivity contribution is 6.30. The molecule has 0 aliphatic carbocycles. The molecule has 0 bridgehead atoms. The molecule has 0 atom stereocenters. The number of carboxylic acids is 1. The monoisotopic (exact) mass is 421 g/mol. The van der Waals surface area contributed by atoms with Crippen molar-refractivity contribution >= 4 is 51.7 Å². The van der Waals surface area contributed by atoms with Gasteiger partial charge in [0.05, 0.1) is 10.9 Å². The van der Waals surface area contributed by atoms with Crippen LogP contribution in [0.25, 0.3) is 22.6 Å². The Balaban J connectivity index is 1.71. The molecule has 1 aromatic heterocycles. The molecule has 0 spiro atoms. The molecule has 2 N–H and O–H groups in total. The van der Waals surface area contributed by atoms with Gasteiger partial charge in [-0.25, -0.2) is 9.78 Å². The molecule has 0 fully saturated rings. The Kier molecular flexibility index (Phi) is 5.20. The first kappa shape index (κ1) is 19.6. The first-order valence-electron chi connectivity index (χ1n) is 9.14. The van der Waals surface area contributed by atoms with Crippen molar-refractivity contribution in [2.24, 2.45) is 0 Å². The predicted molar refractivity (Wildman–Crippen MR) is 115 cm³/mol. The average molecular weight is 422 g/mol. The summed E-state index contributed by atoms with van der Waals surface area (Å²) in [5, 5.41) is 12.3. The number of nitrogens with one attached hydrogen (secondary N) is 1. The van der Waals surface area contributed by atoms with Crippen LogP contribution in [0.2, 0.25) is 5.02 Å². The Bertz CT molecular complexity index is 1290. The molecule has 8 heteroatoms. The maximum absolute atomic E-state index is 12.9. The van der Waals surface area contributed by atoms with Crippen LogP contribution in [0.4, 0.5) is 5.69 Å². The van der Waals surface area contributed by atoms with E-state index in [2.05, 4.69) is 10.3 Å². The highest BCUT2D eigenvalue weighted by atomic mass is 35.5. The van der Waals surface area contributed by atoms with E-state index in [-0.39, 0.29) is 5.56 Å². The summed E-state index contributed by atoms with van der Waals surface area (Å²) in [7, 11) is 0. The molecule has 7 nitrogen and oxygen atoms in total. The van der Waals surface area contributed by atoms with Gasteiger partial charge < -0.3 is 10.4 Å². The summed E-state index contributed by atoms with van der Waals surface area (Å²) in [4.78, 5) is 39.9. The zero-order valence-electron chi connectivity index (χ0n) is 15.6. The molecule has 2 heterocycles. The minimum atomic E-state index is -1.21. The van der Waals surface area contributed by atoms with Gasteiger partial charge in [-0.1, -0.05) is 23.7 Å². The first-order valence-corrected chi connectivity index (χ1v) is 9.51. The second kappa shape index (κ2) is 7.96. The van der Waals surface area contributed by atoms with Crippen molar-refractivity contribution < 1.29 is 14.7 Å². The van der Waals surface area contributed by atoms with Crippen LogP contribution in [0.5, 0.6) is 0 Å². The van der Waals surface area contributed by atoms with Gasteiger partial charge in [-0.15, -0.1) is 0 Å². The van der Waals surface area contributed by atoms with Crippen LogP contribution in [0.3, 0.4) is 0 Å². The number of benzene rings is 2. The van der Waals surface area contributed by atoms with Crippen molar-refractivity contribution in [3.05, 3.63) is 81.4 Å². The molecule has 1 amide bonds. The third-order valence-electron chi connectivity index (χ3n) is 4.70. The lowest BCUT2D eigenvalue weighted by Gasteiger charge is -2.08. The van der Waals surface area contributed by atoms with E-state index in [1.807, 2.05) is 18.2 Å². The SMILES string of the molecule is O=C(O)/C=C/C(=O)Nc1ccc2c(=O)n3c(nc2c1)/C(=C/c1ccc(Cl)cc1)CC3. The molecule has 1 aliphatic rings. The van der Waals surface area contributed by atoms with Gasteiger partial charge in [0.25, 0.3) is 5.56 Å². The predicted octanol–water partition coefficient (Wildman–Crippen LogP) is 3.57. The largest absolute Gasteiger partial charge is 0.478 e. The minimum Gasteiger partial charge on any atom is -0.478 e. The summed E-state index contributed by atoms with van der Waals surface area (Å²) in [6.45, 7) is 0.551. The number of carboxylic acid groups (broad SMARTS) is 1. The van der Waals surface area contributed by atoms with Crippen LogP contribution >= 0.6 is 11.6 Å². The summed E-state index contributed by atoms with van der Waals surface area (Å²) in [6, 6.07) is 12.2. The van der Waals surface area contributed by atoms with Crippen LogP contribution in [-0.4, -0.2) is 26.5 Å². The van der Waals surface area contributed by atoms with E-state index in [0.717, 1.165) is 23.3 Å². The molecule has 0 saturated heterocycles. The fraction of sp³-hybridized carbons (Fsp3) is 0.0909. The third kappa shape index (κ3) is 4.01. The highest BCUT2D eigenvalue weighted by Gasteiger charge is 2.21. The van der Waals surface area contributed by atoms with E-state index in [0.29, 0.717) is 40.4 Å². The number of carbonyl (C=O) groups excluding carboxylic acids is 1. The Labute approximate surface area is 175 Å². The lowest BCUT2D eigenvalue weighted by atomic mass is 10.1. The van der Waals surface area contributed by atoms with Crippen molar-refractivity contribution in [2.45, 2.75) is 13.0 Å². The van der Waals surface area contributed by atoms with E-state index < -0.39 is 11.9 Å². The maximum Gasteiger partial charge on any atom is 0.328 e. The molecular formula is C22H16ClN3O4. The second-order valence-electron chi connectivity index (χ2n) is 6.76. The Morgan fingerprint density at radius 1 is 1.13 bits per heavy atom. The number of anilines is 1. The molecule has 3 aromatic rings. The van der Waals surface area contributed by atoms with Crippen molar-refractivity contribution in [3.63, 3.8) is 0 Å². The highest BCUT2D eigenvalue weighted by Crippen LogP contribution is 2.28. The van der Waals surface area contributed by atoms with Gasteiger partial charge in [0.15, 0.2) is 0 Å². The van der Waals surface area contributed by atoms with Gasteiger partial charge in [-0.2, -0.15) is 0 Å². The van der Waals surface area contributed by atoms with Crippen LogP contribution in [0.15, 0.2) is 59.4 Å². The summed E-state index contributed by atoms with van der Waals surface area (Å²) >= 11 is 5.94. The number of allylic oxidation sites excluding steroid dienone is 1. The molecular weight excluding hydrogens is 406 g/mol. The van der Waals surface area contributed by atoms with Gasteiger partial charge in [-0.05, 0) is 54.0 Å². The fourth-order valence-electron chi connectivity index (χ4n) is 3.32. The number of hydrogen-bond acceptors (Lipinski definition) is 4. The molecule has 0 saturated carbocycles. The number of amides is 1. The zero-order valence-corrected chi connectivity index (χ0v) is 16.4. The van der Waals surface area contributed by atoms with Crippen LogP contribution in [0, 0.1) is 0 Å². The van der Waals surface area contributed by atoms with Crippen molar-refractivity contribution in [3.8, 4) is 0 Å². The van der Waals surface area contributed by atoms with E-state index in [1.165, 1.54) is 0 Å². The normalized spacial score (nSPS) is 14.4. The zero-order chi connectivity index (χ0) is 21.3. The molecule has 0 unspecified atom stereocenters. The smallest absolute Gasteiger partial charge is 0.328 e. The van der Waals surface area contributed by atoms with Crippen LogP contribution in [0.1, 0.15) is 17.8 Å². The van der Waals surface area contributed by atoms with Gasteiger partial charge in [0.2, 0.25) is 5.91 Å². The summed E-state index contributed by atoms with van der Waals surface area (Å²) in [6.07, 6.45) is 4.34. The summed E-state index contributed by atoms with van der Waals surface area (Å²) < 4.78 is 1.65.